The fourth-order valence-electron chi connectivity index (χ4n) is 4.14. The molecule has 3 rings (SSSR count). The van der Waals surface area contributed by atoms with E-state index in [9.17, 15) is 9.90 Å². The van der Waals surface area contributed by atoms with Gasteiger partial charge in [0.15, 0.2) is 0 Å². The van der Waals surface area contributed by atoms with Crippen molar-refractivity contribution in [3.63, 3.8) is 0 Å². The third-order valence-corrected chi connectivity index (χ3v) is 5.73. The Kier molecular flexibility index (Phi) is 4.94. The minimum absolute atomic E-state index is 0.321. The maximum Gasteiger partial charge on any atom is 0.329 e. The van der Waals surface area contributed by atoms with Crippen molar-refractivity contribution in [2.75, 3.05) is 13.1 Å². The van der Waals surface area contributed by atoms with Crippen molar-refractivity contribution in [2.45, 2.75) is 76.2 Å². The van der Waals surface area contributed by atoms with Crippen LogP contribution in [0.1, 0.15) is 70.6 Å². The minimum Gasteiger partial charge on any atom is -0.479 e. The molecule has 1 saturated carbocycles. The lowest BCUT2D eigenvalue weighted by atomic mass is 10.0. The highest BCUT2D eigenvalue weighted by Crippen LogP contribution is 2.47. The lowest BCUT2D eigenvalue weighted by Gasteiger charge is -2.21. The van der Waals surface area contributed by atoms with Crippen LogP contribution in [0.25, 0.3) is 0 Å². The number of hydrogen-bond acceptors (Lipinski definition) is 3. The van der Waals surface area contributed by atoms with E-state index >= 15 is 0 Å². The lowest BCUT2D eigenvalue weighted by molar-refractivity contribution is -0.140. The number of fused-ring (bicyclic) bond motifs is 2. The minimum atomic E-state index is -0.665. The van der Waals surface area contributed by atoms with E-state index in [2.05, 4.69) is 10.2 Å². The van der Waals surface area contributed by atoms with E-state index in [1.165, 1.54) is 57.1 Å². The van der Waals surface area contributed by atoms with E-state index in [0.29, 0.717) is 5.92 Å². The molecule has 2 heterocycles. The number of hydrogen-bond donors (Lipinski definition) is 2. The van der Waals surface area contributed by atoms with Gasteiger partial charge in [0.2, 0.25) is 0 Å². The Labute approximate surface area is 134 Å². The van der Waals surface area contributed by atoms with Gasteiger partial charge < -0.3 is 15.3 Å². The van der Waals surface area contributed by atoms with Crippen molar-refractivity contribution in [3.8, 4) is 0 Å². The summed E-state index contributed by atoms with van der Waals surface area (Å²) < 4.78 is 0. The molecule has 2 atom stereocenters. The summed E-state index contributed by atoms with van der Waals surface area (Å²) in [5, 5.41) is 12.9. The first-order valence-electron chi connectivity index (χ1n) is 9.17. The highest BCUT2D eigenvalue weighted by Gasteiger charge is 2.59. The van der Waals surface area contributed by atoms with Gasteiger partial charge in [0.05, 0.1) is 0 Å². The van der Waals surface area contributed by atoms with Gasteiger partial charge in [-0.1, -0.05) is 38.5 Å². The maximum absolute atomic E-state index is 11.7. The van der Waals surface area contributed by atoms with Gasteiger partial charge in [0.1, 0.15) is 5.54 Å². The fraction of sp³-hybridized carbons (Fsp3) is 0.833. The molecular formula is C18H30N2O2. The van der Waals surface area contributed by atoms with Crippen molar-refractivity contribution >= 4 is 5.97 Å². The molecule has 1 saturated heterocycles. The summed E-state index contributed by atoms with van der Waals surface area (Å²) in [4.78, 5) is 14.2. The number of carboxylic acids is 1. The number of carbonyl (C=O) groups is 1. The van der Waals surface area contributed by atoms with Crippen LogP contribution < -0.4 is 5.32 Å². The van der Waals surface area contributed by atoms with Crippen LogP contribution in [0.5, 0.6) is 0 Å². The second-order valence-corrected chi connectivity index (χ2v) is 7.31. The van der Waals surface area contributed by atoms with E-state index in [-0.39, 0.29) is 0 Å². The Morgan fingerprint density at radius 3 is 2.55 bits per heavy atom. The van der Waals surface area contributed by atoms with Crippen LogP contribution in [-0.4, -0.2) is 34.6 Å². The SMILES string of the molecule is O=C(O)C12CC1CCCCCCCCCN1CCCC1=CN2. The average molecular weight is 306 g/mol. The third kappa shape index (κ3) is 3.41. The van der Waals surface area contributed by atoms with Gasteiger partial charge in [-0.15, -0.1) is 0 Å². The Morgan fingerprint density at radius 2 is 1.77 bits per heavy atom. The zero-order valence-corrected chi connectivity index (χ0v) is 13.6. The number of aliphatic carboxylic acids is 1. The lowest BCUT2D eigenvalue weighted by Crippen LogP contribution is -2.38. The number of rotatable bonds is 1. The van der Waals surface area contributed by atoms with Crippen LogP contribution in [0, 0.1) is 5.92 Å². The van der Waals surface area contributed by atoms with Crippen LogP contribution in [0.4, 0.5) is 0 Å². The van der Waals surface area contributed by atoms with Gasteiger partial charge in [-0.3, -0.25) is 0 Å². The predicted octanol–water partition coefficient (Wildman–Crippen LogP) is 3.49. The molecule has 0 amide bonds. The van der Waals surface area contributed by atoms with E-state index in [0.717, 1.165) is 32.4 Å². The van der Waals surface area contributed by atoms with Crippen molar-refractivity contribution < 1.29 is 9.90 Å². The molecule has 0 aromatic heterocycles. The zero-order valence-electron chi connectivity index (χ0n) is 13.6. The Morgan fingerprint density at radius 1 is 1.09 bits per heavy atom. The summed E-state index contributed by atoms with van der Waals surface area (Å²) in [6.45, 7) is 2.27. The summed E-state index contributed by atoms with van der Waals surface area (Å²) in [5.74, 6) is -0.343. The first kappa shape index (κ1) is 15.7. The van der Waals surface area contributed by atoms with Crippen molar-refractivity contribution in [3.05, 3.63) is 11.9 Å². The molecule has 0 radical (unpaired) electrons. The van der Waals surface area contributed by atoms with E-state index in [4.69, 9.17) is 0 Å². The molecule has 2 aliphatic heterocycles. The maximum atomic E-state index is 11.7. The highest BCUT2D eigenvalue weighted by molar-refractivity contribution is 5.83. The highest BCUT2D eigenvalue weighted by atomic mass is 16.4. The summed E-state index contributed by atoms with van der Waals surface area (Å²) in [7, 11) is 0. The summed E-state index contributed by atoms with van der Waals surface area (Å²) >= 11 is 0. The van der Waals surface area contributed by atoms with Gasteiger partial charge in [-0.25, -0.2) is 4.79 Å². The van der Waals surface area contributed by atoms with E-state index < -0.39 is 11.5 Å². The predicted molar refractivity (Wildman–Crippen MR) is 87.4 cm³/mol. The fourth-order valence-corrected chi connectivity index (χ4v) is 4.14. The summed E-state index contributed by atoms with van der Waals surface area (Å²) in [6.07, 6.45) is 15.2. The molecule has 124 valence electrons. The first-order chi connectivity index (χ1) is 10.7. The zero-order chi connectivity index (χ0) is 15.4. The second kappa shape index (κ2) is 6.93. The summed E-state index contributed by atoms with van der Waals surface area (Å²) in [6, 6.07) is 0. The molecule has 0 aromatic rings. The van der Waals surface area contributed by atoms with Gasteiger partial charge >= 0.3 is 5.97 Å². The molecule has 0 aromatic carbocycles. The van der Waals surface area contributed by atoms with Crippen LogP contribution in [0.2, 0.25) is 0 Å². The number of nitrogens with zero attached hydrogens (tertiary/aromatic N) is 1. The van der Waals surface area contributed by atoms with E-state index in [1.807, 2.05) is 6.20 Å². The molecular weight excluding hydrogens is 276 g/mol. The number of allylic oxidation sites excluding steroid dienone is 1. The molecule has 2 N–H and O–H groups in total. The summed E-state index contributed by atoms with van der Waals surface area (Å²) in [5.41, 5.74) is 0.655. The van der Waals surface area contributed by atoms with Gasteiger partial charge in [-0.05, 0) is 38.0 Å². The Bertz CT molecular complexity index is 435. The molecule has 2 fully saturated rings. The molecule has 0 spiro atoms. The van der Waals surface area contributed by atoms with Crippen LogP contribution in [0.3, 0.4) is 0 Å². The quantitative estimate of drug-likeness (QED) is 0.778. The molecule has 1 aliphatic carbocycles. The van der Waals surface area contributed by atoms with Crippen LogP contribution in [0.15, 0.2) is 11.9 Å². The first-order valence-corrected chi connectivity index (χ1v) is 9.17. The monoisotopic (exact) mass is 306 g/mol. The Balaban J connectivity index is 1.67. The smallest absolute Gasteiger partial charge is 0.329 e. The van der Waals surface area contributed by atoms with Crippen LogP contribution >= 0.6 is 0 Å². The molecule has 3 aliphatic rings. The van der Waals surface area contributed by atoms with Crippen LogP contribution in [-0.2, 0) is 4.79 Å². The van der Waals surface area contributed by atoms with Crippen molar-refractivity contribution in [1.29, 1.82) is 0 Å². The van der Waals surface area contributed by atoms with Gasteiger partial charge in [0, 0.05) is 25.0 Å². The molecule has 4 heteroatoms. The third-order valence-electron chi connectivity index (χ3n) is 5.73. The molecule has 0 bridgehead atoms. The number of nitrogens with one attached hydrogen (secondary N) is 1. The standard InChI is InChI=1S/C18H30N2O2/c21-17(22)18-13-15(18)9-6-4-2-1-3-5-7-11-20-12-8-10-16(20)14-19-18/h14-15,19H,1-13H2,(H,21,22). The molecule has 2 unspecified atom stereocenters. The van der Waals surface area contributed by atoms with Gasteiger partial charge in [0.25, 0.3) is 0 Å². The van der Waals surface area contributed by atoms with Gasteiger partial charge in [-0.2, -0.15) is 0 Å². The normalized spacial score (nSPS) is 33.5. The van der Waals surface area contributed by atoms with Crippen molar-refractivity contribution in [2.24, 2.45) is 5.92 Å². The number of carboxylic acid groups (broad SMARTS) is 1. The topological polar surface area (TPSA) is 52.6 Å². The molecule has 4 nitrogen and oxygen atoms in total. The van der Waals surface area contributed by atoms with Crippen molar-refractivity contribution in [1.82, 2.24) is 10.2 Å². The average Bonchev–Trinajstić information content (AvgIpc) is 3.04. The van der Waals surface area contributed by atoms with E-state index in [1.54, 1.807) is 0 Å². The molecule has 22 heavy (non-hydrogen) atoms. The largest absolute Gasteiger partial charge is 0.479 e. The Hall–Kier alpha value is -1.19. The second-order valence-electron chi connectivity index (χ2n) is 7.31.